The van der Waals surface area contributed by atoms with Gasteiger partial charge in [-0.1, -0.05) is 161 Å². The van der Waals surface area contributed by atoms with Gasteiger partial charge in [0.05, 0.1) is 22.1 Å². The second kappa shape index (κ2) is 11.9. The molecule has 0 radical (unpaired) electrons. The second-order valence-corrected chi connectivity index (χ2v) is 16.6. The van der Waals surface area contributed by atoms with Gasteiger partial charge in [-0.15, -0.1) is 0 Å². The van der Waals surface area contributed by atoms with E-state index < -0.39 is 0 Å². The molecule has 0 saturated carbocycles. The number of hydrogen-bond acceptors (Lipinski definition) is 0. The standard InChI is InChI=1S/C54H42N2/c1-53(2)43-29-31-48-50(42-26-12-14-28-46(42)56(48)40-24-16-22-38(34-40)36-19-9-6-10-20-36)52(43)54(3,4)44-30-32-47-49(51(44)53)41-25-11-13-27-45(41)55(47)39-23-15-21-37(33-39)35-17-7-5-8-18-35/h5-34H,1-4H3. The maximum Gasteiger partial charge on any atom is 0.0544 e. The first-order valence-corrected chi connectivity index (χ1v) is 19.8. The number of para-hydroxylation sites is 2. The van der Waals surface area contributed by atoms with Crippen LogP contribution in [0.1, 0.15) is 49.9 Å². The normalized spacial score (nSPS) is 14.4. The summed E-state index contributed by atoms with van der Waals surface area (Å²) in [6, 6.07) is 67.1. The Hall–Kier alpha value is -6.64. The molecule has 0 amide bonds. The third kappa shape index (κ3) is 4.56. The minimum atomic E-state index is -0.273. The highest BCUT2D eigenvalue weighted by molar-refractivity contribution is 6.15. The van der Waals surface area contributed by atoms with Gasteiger partial charge in [0.25, 0.3) is 0 Å². The Balaban J connectivity index is 1.17. The topological polar surface area (TPSA) is 9.86 Å². The molecule has 0 atom stereocenters. The number of fused-ring (bicyclic) bond motifs is 10. The molecule has 268 valence electrons. The van der Waals surface area contributed by atoms with E-state index in [9.17, 15) is 0 Å². The van der Waals surface area contributed by atoms with Crippen molar-refractivity contribution < 1.29 is 0 Å². The van der Waals surface area contributed by atoms with E-state index in [2.05, 4.69) is 219 Å². The van der Waals surface area contributed by atoms with Crippen molar-refractivity contribution in [3.8, 4) is 33.6 Å². The Morgan fingerprint density at radius 3 is 1.12 bits per heavy atom. The molecule has 0 unspecified atom stereocenters. The third-order valence-corrected chi connectivity index (χ3v) is 12.7. The van der Waals surface area contributed by atoms with E-state index >= 15 is 0 Å². The van der Waals surface area contributed by atoms with E-state index in [4.69, 9.17) is 0 Å². The van der Waals surface area contributed by atoms with Gasteiger partial charge in [0.1, 0.15) is 0 Å². The summed E-state index contributed by atoms with van der Waals surface area (Å²) in [5.74, 6) is 0. The lowest BCUT2D eigenvalue weighted by atomic mass is 9.58. The van der Waals surface area contributed by atoms with Crippen molar-refractivity contribution in [3.05, 3.63) is 204 Å². The summed E-state index contributed by atoms with van der Waals surface area (Å²) in [5.41, 5.74) is 17.3. The first-order chi connectivity index (χ1) is 27.3. The van der Waals surface area contributed by atoms with Gasteiger partial charge in [0, 0.05) is 43.7 Å². The van der Waals surface area contributed by atoms with Crippen molar-refractivity contribution >= 4 is 43.6 Å². The summed E-state index contributed by atoms with van der Waals surface area (Å²) >= 11 is 0. The highest BCUT2D eigenvalue weighted by atomic mass is 15.0. The van der Waals surface area contributed by atoms with Gasteiger partial charge in [-0.2, -0.15) is 0 Å². The van der Waals surface area contributed by atoms with Gasteiger partial charge in [-0.25, -0.2) is 0 Å². The molecule has 2 heteroatoms. The van der Waals surface area contributed by atoms with Crippen LogP contribution >= 0.6 is 0 Å². The van der Waals surface area contributed by atoms with Crippen LogP contribution in [0.4, 0.5) is 0 Å². The fourth-order valence-electron chi connectivity index (χ4n) is 10.2. The van der Waals surface area contributed by atoms with Crippen molar-refractivity contribution in [2.24, 2.45) is 0 Å². The lowest BCUT2D eigenvalue weighted by Gasteiger charge is -2.45. The molecule has 56 heavy (non-hydrogen) atoms. The van der Waals surface area contributed by atoms with Crippen molar-refractivity contribution in [2.45, 2.75) is 38.5 Å². The Labute approximate surface area is 327 Å². The number of nitrogens with zero attached hydrogens (tertiary/aromatic N) is 2. The molecule has 0 bridgehead atoms. The number of hydrogen-bond donors (Lipinski definition) is 0. The third-order valence-electron chi connectivity index (χ3n) is 12.7. The van der Waals surface area contributed by atoms with Crippen LogP contribution in [0.5, 0.6) is 0 Å². The minimum Gasteiger partial charge on any atom is -0.309 e. The molecule has 0 aliphatic heterocycles. The molecule has 11 rings (SSSR count). The van der Waals surface area contributed by atoms with E-state index in [0.717, 1.165) is 0 Å². The van der Waals surface area contributed by atoms with Crippen LogP contribution in [-0.4, -0.2) is 9.13 Å². The molecular weight excluding hydrogens is 677 g/mol. The van der Waals surface area contributed by atoms with Crippen LogP contribution in [-0.2, 0) is 10.8 Å². The van der Waals surface area contributed by atoms with Gasteiger partial charge < -0.3 is 9.13 Å². The van der Waals surface area contributed by atoms with Crippen molar-refractivity contribution in [1.82, 2.24) is 9.13 Å². The van der Waals surface area contributed by atoms with Gasteiger partial charge >= 0.3 is 0 Å². The van der Waals surface area contributed by atoms with Crippen LogP contribution in [0, 0.1) is 0 Å². The molecule has 0 N–H and O–H groups in total. The summed E-state index contributed by atoms with van der Waals surface area (Å²) < 4.78 is 4.97. The monoisotopic (exact) mass is 718 g/mol. The number of rotatable bonds is 4. The quantitative estimate of drug-likeness (QED) is 0.171. The van der Waals surface area contributed by atoms with Crippen LogP contribution in [0.3, 0.4) is 0 Å². The predicted molar refractivity (Wildman–Crippen MR) is 237 cm³/mol. The Morgan fingerprint density at radius 1 is 0.321 bits per heavy atom. The summed E-state index contributed by atoms with van der Waals surface area (Å²) in [6.45, 7) is 9.82. The molecule has 2 heterocycles. The molecule has 2 aromatic heterocycles. The second-order valence-electron chi connectivity index (χ2n) is 16.6. The van der Waals surface area contributed by atoms with Crippen molar-refractivity contribution in [2.75, 3.05) is 0 Å². The lowest BCUT2D eigenvalue weighted by Crippen LogP contribution is -2.37. The van der Waals surface area contributed by atoms with Crippen LogP contribution in [0.25, 0.3) is 77.2 Å². The SMILES string of the molecule is CC1(C)c2ccc3c(c2C(C)(C)c2ccc4c(c21)c1ccccc1n4-c1cccc(-c2ccccc2)c1)c1ccccc1n3-c1cccc(-c2ccccc2)c1. The van der Waals surface area contributed by atoms with E-state index in [-0.39, 0.29) is 10.8 Å². The number of aromatic nitrogens is 2. The predicted octanol–water partition coefficient (Wildman–Crippen LogP) is 14.2. The smallest absolute Gasteiger partial charge is 0.0544 e. The molecule has 8 aromatic carbocycles. The largest absolute Gasteiger partial charge is 0.309 e. The Bertz CT molecular complexity index is 2960. The maximum atomic E-state index is 2.48. The zero-order chi connectivity index (χ0) is 37.8. The fraction of sp³-hybridized carbons (Fsp3) is 0.111. The van der Waals surface area contributed by atoms with E-state index in [1.807, 2.05) is 0 Å². The highest BCUT2D eigenvalue weighted by Gasteiger charge is 2.45. The summed E-state index contributed by atoms with van der Waals surface area (Å²) in [7, 11) is 0. The minimum absolute atomic E-state index is 0.273. The molecule has 0 spiro atoms. The van der Waals surface area contributed by atoms with Gasteiger partial charge in [-0.05, 0) is 93.0 Å². The molecule has 0 saturated heterocycles. The van der Waals surface area contributed by atoms with Gasteiger partial charge in [-0.3, -0.25) is 0 Å². The maximum absolute atomic E-state index is 2.48. The zero-order valence-electron chi connectivity index (χ0n) is 32.2. The lowest BCUT2D eigenvalue weighted by molar-refractivity contribution is 0.529. The van der Waals surface area contributed by atoms with E-state index in [1.165, 1.54) is 99.5 Å². The number of benzene rings is 8. The molecule has 2 nitrogen and oxygen atoms in total. The molecular formula is C54H42N2. The van der Waals surface area contributed by atoms with Crippen LogP contribution in [0.2, 0.25) is 0 Å². The van der Waals surface area contributed by atoms with Gasteiger partial charge in [0.15, 0.2) is 0 Å². The van der Waals surface area contributed by atoms with Crippen LogP contribution < -0.4 is 0 Å². The average Bonchev–Trinajstić information content (AvgIpc) is 3.76. The Kier molecular flexibility index (Phi) is 6.98. The van der Waals surface area contributed by atoms with Crippen molar-refractivity contribution in [3.63, 3.8) is 0 Å². The van der Waals surface area contributed by atoms with E-state index in [1.54, 1.807) is 0 Å². The Morgan fingerprint density at radius 2 is 0.696 bits per heavy atom. The zero-order valence-corrected chi connectivity index (χ0v) is 32.2. The molecule has 1 aliphatic rings. The van der Waals surface area contributed by atoms with Crippen molar-refractivity contribution in [1.29, 1.82) is 0 Å². The molecule has 1 aliphatic carbocycles. The van der Waals surface area contributed by atoms with Crippen LogP contribution in [0.15, 0.2) is 182 Å². The summed E-state index contributed by atoms with van der Waals surface area (Å²) in [6.07, 6.45) is 0. The average molecular weight is 719 g/mol. The fourth-order valence-corrected chi connectivity index (χ4v) is 10.2. The highest BCUT2D eigenvalue weighted by Crippen LogP contribution is 2.56. The first-order valence-electron chi connectivity index (χ1n) is 19.8. The summed E-state index contributed by atoms with van der Waals surface area (Å²) in [5, 5.41) is 5.31. The molecule has 10 aromatic rings. The first kappa shape index (κ1) is 32.8. The molecule has 0 fully saturated rings. The van der Waals surface area contributed by atoms with Gasteiger partial charge in [0.2, 0.25) is 0 Å². The summed E-state index contributed by atoms with van der Waals surface area (Å²) in [4.78, 5) is 0. The van der Waals surface area contributed by atoms with E-state index in [0.29, 0.717) is 0 Å².